The van der Waals surface area contributed by atoms with Crippen LogP contribution in [0.1, 0.15) is 47.1 Å². The van der Waals surface area contributed by atoms with Crippen molar-refractivity contribution in [1.29, 1.82) is 0 Å². The summed E-state index contributed by atoms with van der Waals surface area (Å²) >= 11 is 0.153. The number of carbonyl (C=O) groups is 2. The van der Waals surface area contributed by atoms with E-state index >= 15 is 0 Å². The maximum atomic E-state index is 13.0. The monoisotopic (exact) mass is 420 g/mol. The van der Waals surface area contributed by atoms with Crippen molar-refractivity contribution in [3.05, 3.63) is 93.5 Å². The number of allylic oxidation sites excluding steroid dienone is 6. The molecule has 1 heterocycles. The Morgan fingerprint density at radius 1 is 0.815 bits per heavy atom. The summed E-state index contributed by atoms with van der Waals surface area (Å²) in [4.78, 5) is 26.0. The molecule has 0 unspecified atom stereocenters. The van der Waals surface area contributed by atoms with Gasteiger partial charge in [0, 0.05) is 0 Å². The van der Waals surface area contributed by atoms with E-state index in [1.165, 1.54) is 8.93 Å². The molecule has 2 aliphatic rings. The van der Waals surface area contributed by atoms with Gasteiger partial charge in [-0.3, -0.25) is 0 Å². The predicted octanol–water partition coefficient (Wildman–Crippen LogP) is 4.35. The molecule has 1 aliphatic carbocycles. The summed E-state index contributed by atoms with van der Waals surface area (Å²) in [5.74, 6) is -0.324. The molecule has 4 rings (SSSR count). The van der Waals surface area contributed by atoms with Crippen LogP contribution in [-0.2, 0) is 0 Å². The first-order chi connectivity index (χ1) is 12.8. The summed E-state index contributed by atoms with van der Waals surface area (Å²) in [5, 5.41) is 0. The van der Waals surface area contributed by atoms with Gasteiger partial charge in [-0.1, -0.05) is 0 Å². The van der Waals surface area contributed by atoms with Crippen molar-refractivity contribution in [2.24, 2.45) is 5.41 Å². The molecule has 0 bridgehead atoms. The standard InChI is InChI=1S/C24H20O2Se/c1-24(2,3)13-12-15-14-19(16-8-6-7-11-20(16)27-15)21-22(25)17-9-4-5-10-18(17)23(21)26/h4-14H,1-3H3/b13-12+. The molecule has 0 saturated heterocycles. The summed E-state index contributed by atoms with van der Waals surface area (Å²) in [6.07, 6.45) is 6.37. The second kappa shape index (κ2) is 6.60. The Labute approximate surface area is 165 Å². The van der Waals surface area contributed by atoms with Crippen molar-refractivity contribution in [2.45, 2.75) is 20.8 Å². The summed E-state index contributed by atoms with van der Waals surface area (Å²) in [5.41, 5.74) is 3.18. The molecule has 2 nitrogen and oxygen atoms in total. The fourth-order valence-corrected chi connectivity index (χ4v) is 5.37. The van der Waals surface area contributed by atoms with E-state index in [9.17, 15) is 9.59 Å². The van der Waals surface area contributed by atoms with Crippen LogP contribution in [0.25, 0.3) is 5.57 Å². The molecule has 134 valence electrons. The molecule has 0 fully saturated rings. The van der Waals surface area contributed by atoms with Gasteiger partial charge in [-0.15, -0.1) is 0 Å². The van der Waals surface area contributed by atoms with E-state index < -0.39 is 0 Å². The zero-order valence-electron chi connectivity index (χ0n) is 15.6. The molecular formula is C24H20O2Se. The number of benzene rings is 2. The van der Waals surface area contributed by atoms with Crippen LogP contribution in [0, 0.1) is 5.41 Å². The van der Waals surface area contributed by atoms with E-state index in [1.807, 2.05) is 36.4 Å². The second-order valence-corrected chi connectivity index (χ2v) is 10.2. The molecule has 27 heavy (non-hydrogen) atoms. The van der Waals surface area contributed by atoms with E-state index in [0.29, 0.717) is 16.7 Å². The van der Waals surface area contributed by atoms with Gasteiger partial charge in [-0.05, 0) is 0 Å². The van der Waals surface area contributed by atoms with E-state index in [-0.39, 0.29) is 31.9 Å². The van der Waals surface area contributed by atoms with Gasteiger partial charge < -0.3 is 0 Å². The van der Waals surface area contributed by atoms with Crippen molar-refractivity contribution >= 4 is 36.6 Å². The number of hydrogen-bond donors (Lipinski definition) is 0. The van der Waals surface area contributed by atoms with Crippen LogP contribution < -0.4 is 4.46 Å². The molecule has 0 aromatic heterocycles. The zero-order valence-corrected chi connectivity index (χ0v) is 17.3. The van der Waals surface area contributed by atoms with Crippen LogP contribution in [0.15, 0.2) is 76.8 Å². The first-order valence-electron chi connectivity index (χ1n) is 8.96. The van der Waals surface area contributed by atoms with Gasteiger partial charge >= 0.3 is 166 Å². The Bertz CT molecular complexity index is 1020. The maximum absolute atomic E-state index is 13.0. The van der Waals surface area contributed by atoms with Gasteiger partial charge in [0.25, 0.3) is 0 Å². The Hall–Kier alpha value is -2.48. The molecular weight excluding hydrogens is 399 g/mol. The summed E-state index contributed by atoms with van der Waals surface area (Å²) < 4.78 is 2.38. The molecule has 3 heteroatoms. The minimum absolute atomic E-state index is 0.0798. The number of fused-ring (bicyclic) bond motifs is 2. The van der Waals surface area contributed by atoms with Crippen LogP contribution in [0.3, 0.4) is 0 Å². The quantitative estimate of drug-likeness (QED) is 0.391. The van der Waals surface area contributed by atoms with E-state index in [2.05, 4.69) is 39.0 Å². The van der Waals surface area contributed by atoms with Crippen molar-refractivity contribution < 1.29 is 9.59 Å². The Morgan fingerprint density at radius 2 is 1.37 bits per heavy atom. The number of hydrogen-bond acceptors (Lipinski definition) is 2. The van der Waals surface area contributed by atoms with Crippen molar-refractivity contribution in [3.63, 3.8) is 0 Å². The first kappa shape index (κ1) is 17.9. The predicted molar refractivity (Wildman–Crippen MR) is 111 cm³/mol. The van der Waals surface area contributed by atoms with Gasteiger partial charge in [0.15, 0.2) is 0 Å². The van der Waals surface area contributed by atoms with Crippen LogP contribution in [0.5, 0.6) is 0 Å². The molecule has 0 saturated carbocycles. The number of carbonyl (C=O) groups excluding carboxylic acids is 2. The SMILES string of the molecule is CC(C)(C)/C=C/C1=CC(=C2C(=O)c3ccccc3C2=O)c2ccccc2[Se]1. The molecule has 2 aromatic rings. The average molecular weight is 419 g/mol. The topological polar surface area (TPSA) is 34.1 Å². The van der Waals surface area contributed by atoms with Crippen molar-refractivity contribution in [2.75, 3.05) is 0 Å². The van der Waals surface area contributed by atoms with Crippen LogP contribution >= 0.6 is 0 Å². The van der Waals surface area contributed by atoms with Gasteiger partial charge in [0.1, 0.15) is 0 Å². The molecule has 1 aliphatic heterocycles. The fourth-order valence-electron chi connectivity index (χ4n) is 3.27. The number of rotatable bonds is 1. The van der Waals surface area contributed by atoms with Crippen LogP contribution in [-0.4, -0.2) is 26.5 Å². The van der Waals surface area contributed by atoms with E-state index in [4.69, 9.17) is 0 Å². The van der Waals surface area contributed by atoms with E-state index in [0.717, 1.165) is 11.1 Å². The Kier molecular flexibility index (Phi) is 4.38. The van der Waals surface area contributed by atoms with Gasteiger partial charge in [-0.25, -0.2) is 0 Å². The summed E-state index contributed by atoms with van der Waals surface area (Å²) in [6.45, 7) is 6.48. The van der Waals surface area contributed by atoms with Gasteiger partial charge in [-0.2, -0.15) is 0 Å². The minimum atomic E-state index is -0.162. The first-order valence-corrected chi connectivity index (χ1v) is 10.7. The summed E-state index contributed by atoms with van der Waals surface area (Å²) in [6, 6.07) is 15.2. The van der Waals surface area contributed by atoms with Gasteiger partial charge in [0.2, 0.25) is 0 Å². The molecule has 0 N–H and O–H groups in total. The molecule has 0 amide bonds. The average Bonchev–Trinajstić information content (AvgIpc) is 2.90. The summed E-state index contributed by atoms with van der Waals surface area (Å²) in [7, 11) is 0. The number of ketones is 2. The third kappa shape index (κ3) is 3.29. The molecule has 0 radical (unpaired) electrons. The molecule has 0 spiro atoms. The third-order valence-electron chi connectivity index (χ3n) is 4.58. The zero-order chi connectivity index (χ0) is 19.2. The normalized spacial score (nSPS) is 16.6. The second-order valence-electron chi connectivity index (χ2n) is 7.84. The Morgan fingerprint density at radius 3 is 1.96 bits per heavy atom. The molecule has 2 aromatic carbocycles. The van der Waals surface area contributed by atoms with Crippen LogP contribution in [0.4, 0.5) is 0 Å². The van der Waals surface area contributed by atoms with Crippen LogP contribution in [0.2, 0.25) is 0 Å². The fraction of sp³-hybridized carbons (Fsp3) is 0.167. The third-order valence-corrected chi connectivity index (χ3v) is 6.81. The Balaban J connectivity index is 1.91. The van der Waals surface area contributed by atoms with Crippen molar-refractivity contribution in [3.8, 4) is 0 Å². The van der Waals surface area contributed by atoms with Gasteiger partial charge in [0.05, 0.1) is 0 Å². The van der Waals surface area contributed by atoms with E-state index in [1.54, 1.807) is 12.1 Å². The molecule has 0 atom stereocenters. The number of Topliss-reactive ketones (excluding diaryl/α,β-unsaturated/α-hetero) is 2. The van der Waals surface area contributed by atoms with Crippen molar-refractivity contribution in [1.82, 2.24) is 0 Å².